The highest BCUT2D eigenvalue weighted by atomic mass is 19.4. The molecule has 0 aliphatic heterocycles. The van der Waals surface area contributed by atoms with E-state index in [0.717, 1.165) is 12.1 Å². The van der Waals surface area contributed by atoms with Crippen molar-refractivity contribution in [1.29, 1.82) is 0 Å². The van der Waals surface area contributed by atoms with Gasteiger partial charge in [0.15, 0.2) is 0 Å². The minimum absolute atomic E-state index is 0.197. The fourth-order valence-corrected chi connectivity index (χ4v) is 1.99. The third kappa shape index (κ3) is 4.21. The predicted molar refractivity (Wildman–Crippen MR) is 78.0 cm³/mol. The van der Waals surface area contributed by atoms with Gasteiger partial charge in [-0.2, -0.15) is 13.2 Å². The summed E-state index contributed by atoms with van der Waals surface area (Å²) in [6.45, 7) is 0.197. The summed E-state index contributed by atoms with van der Waals surface area (Å²) < 4.78 is 42.5. The van der Waals surface area contributed by atoms with Crippen LogP contribution in [0.4, 0.5) is 13.2 Å². The number of hydrogen-bond donors (Lipinski definition) is 0. The average Bonchev–Trinajstić information content (AvgIpc) is 2.54. The highest BCUT2D eigenvalue weighted by Crippen LogP contribution is 2.29. The van der Waals surface area contributed by atoms with Crippen LogP contribution in [0.15, 0.2) is 42.6 Å². The van der Waals surface area contributed by atoms with Crippen molar-refractivity contribution in [2.45, 2.75) is 12.7 Å². The molecule has 0 radical (unpaired) electrons. The Bertz CT molecular complexity index is 667. The van der Waals surface area contributed by atoms with Crippen LogP contribution in [0.1, 0.15) is 21.5 Å². The van der Waals surface area contributed by atoms with Gasteiger partial charge in [0.25, 0.3) is 5.91 Å². The summed E-state index contributed by atoms with van der Waals surface area (Å²) in [5.74, 6) is 0.118. The number of hydrogen-bond acceptors (Lipinski definition) is 3. The van der Waals surface area contributed by atoms with Crippen LogP contribution in [0, 0.1) is 0 Å². The third-order valence-electron chi connectivity index (χ3n) is 3.24. The van der Waals surface area contributed by atoms with Crippen LogP contribution in [-0.4, -0.2) is 29.9 Å². The zero-order valence-corrected chi connectivity index (χ0v) is 12.6. The number of halogens is 3. The van der Waals surface area contributed by atoms with E-state index in [1.54, 1.807) is 19.2 Å². The van der Waals surface area contributed by atoms with Crippen molar-refractivity contribution in [2.75, 3.05) is 14.2 Å². The molecular weight excluding hydrogens is 309 g/mol. The van der Waals surface area contributed by atoms with Crippen LogP contribution in [0.5, 0.6) is 5.88 Å². The number of methoxy groups -OCH3 is 1. The molecule has 4 nitrogen and oxygen atoms in total. The van der Waals surface area contributed by atoms with Gasteiger partial charge in [0.05, 0.1) is 18.2 Å². The van der Waals surface area contributed by atoms with Gasteiger partial charge < -0.3 is 9.64 Å². The Balaban J connectivity index is 2.05. The van der Waals surface area contributed by atoms with Gasteiger partial charge in [-0.25, -0.2) is 4.98 Å². The average molecular weight is 324 g/mol. The number of carbonyl (C=O) groups is 1. The van der Waals surface area contributed by atoms with Gasteiger partial charge in [-0.3, -0.25) is 4.79 Å². The zero-order valence-electron chi connectivity index (χ0n) is 12.6. The Hall–Kier alpha value is -2.57. The second kappa shape index (κ2) is 6.68. The number of rotatable bonds is 4. The lowest BCUT2D eigenvalue weighted by Crippen LogP contribution is -2.26. The van der Waals surface area contributed by atoms with Crippen molar-refractivity contribution in [1.82, 2.24) is 9.88 Å². The Morgan fingerprint density at radius 2 is 1.83 bits per heavy atom. The topological polar surface area (TPSA) is 42.4 Å². The quantitative estimate of drug-likeness (QED) is 0.866. The number of pyridine rings is 1. The van der Waals surface area contributed by atoms with E-state index in [2.05, 4.69) is 4.98 Å². The number of nitrogens with zero attached hydrogens (tertiary/aromatic N) is 2. The molecule has 0 N–H and O–H groups in total. The van der Waals surface area contributed by atoms with Crippen LogP contribution >= 0.6 is 0 Å². The number of carbonyl (C=O) groups excluding carboxylic acids is 1. The van der Waals surface area contributed by atoms with Gasteiger partial charge in [0.2, 0.25) is 5.88 Å². The molecule has 7 heteroatoms. The molecular formula is C16H15F3N2O2. The van der Waals surface area contributed by atoms with Crippen molar-refractivity contribution in [3.8, 4) is 5.88 Å². The Morgan fingerprint density at radius 3 is 2.30 bits per heavy atom. The predicted octanol–water partition coefficient (Wildman–Crippen LogP) is 3.38. The highest BCUT2D eigenvalue weighted by molar-refractivity contribution is 5.93. The van der Waals surface area contributed by atoms with E-state index < -0.39 is 11.7 Å². The van der Waals surface area contributed by atoms with Crippen LogP contribution < -0.4 is 4.74 Å². The molecule has 0 bridgehead atoms. The van der Waals surface area contributed by atoms with E-state index in [4.69, 9.17) is 4.74 Å². The molecule has 0 aliphatic carbocycles. The number of benzene rings is 1. The first-order valence-corrected chi connectivity index (χ1v) is 6.73. The van der Waals surface area contributed by atoms with Crippen molar-refractivity contribution < 1.29 is 22.7 Å². The number of amides is 1. The molecule has 0 spiro atoms. The van der Waals surface area contributed by atoms with Crippen molar-refractivity contribution >= 4 is 5.91 Å². The van der Waals surface area contributed by atoms with Crippen molar-refractivity contribution in [2.24, 2.45) is 0 Å². The summed E-state index contributed by atoms with van der Waals surface area (Å²) in [5.41, 5.74) is 0.269. The largest absolute Gasteiger partial charge is 0.481 e. The minimum Gasteiger partial charge on any atom is -0.481 e. The van der Waals surface area contributed by atoms with E-state index in [0.29, 0.717) is 17.0 Å². The molecule has 0 aliphatic rings. The first-order valence-electron chi connectivity index (χ1n) is 6.73. The molecule has 2 aromatic rings. The Kier molecular flexibility index (Phi) is 4.88. The van der Waals surface area contributed by atoms with Gasteiger partial charge >= 0.3 is 6.18 Å². The molecule has 0 saturated carbocycles. The van der Waals surface area contributed by atoms with E-state index in [1.165, 1.54) is 30.3 Å². The van der Waals surface area contributed by atoms with Gasteiger partial charge in [0, 0.05) is 25.9 Å². The molecule has 1 amide bonds. The molecule has 1 aromatic heterocycles. The van der Waals surface area contributed by atoms with Crippen molar-refractivity contribution in [3.63, 3.8) is 0 Å². The van der Waals surface area contributed by atoms with Crippen LogP contribution in [0.3, 0.4) is 0 Å². The maximum Gasteiger partial charge on any atom is 0.416 e. The zero-order chi connectivity index (χ0) is 17.0. The lowest BCUT2D eigenvalue weighted by Gasteiger charge is -2.17. The first kappa shape index (κ1) is 16.8. The molecule has 0 atom stereocenters. The molecule has 0 unspecified atom stereocenters. The summed E-state index contributed by atoms with van der Waals surface area (Å²) in [7, 11) is 3.05. The van der Waals surface area contributed by atoms with Gasteiger partial charge in [-0.1, -0.05) is 12.1 Å². The third-order valence-corrected chi connectivity index (χ3v) is 3.24. The van der Waals surface area contributed by atoms with Gasteiger partial charge in [-0.05, 0) is 23.8 Å². The van der Waals surface area contributed by atoms with E-state index >= 15 is 0 Å². The number of aromatic nitrogens is 1. The highest BCUT2D eigenvalue weighted by Gasteiger charge is 2.30. The molecule has 0 fully saturated rings. The summed E-state index contributed by atoms with van der Waals surface area (Å²) >= 11 is 0. The fourth-order valence-electron chi connectivity index (χ4n) is 1.99. The molecule has 0 saturated heterocycles. The van der Waals surface area contributed by atoms with Gasteiger partial charge in [0.1, 0.15) is 0 Å². The minimum atomic E-state index is -4.37. The van der Waals surface area contributed by atoms with Crippen LogP contribution in [0.2, 0.25) is 0 Å². The number of ether oxygens (including phenoxy) is 1. The summed E-state index contributed by atoms with van der Waals surface area (Å²) in [6.07, 6.45) is -2.97. The fraction of sp³-hybridized carbons (Fsp3) is 0.250. The van der Waals surface area contributed by atoms with Crippen molar-refractivity contribution in [3.05, 3.63) is 59.3 Å². The maximum absolute atomic E-state index is 12.5. The number of alkyl halides is 3. The second-order valence-electron chi connectivity index (χ2n) is 4.95. The standard InChI is InChI=1S/C16H15F3N2O2/c1-21(15(22)12-5-8-14(23-2)20-9-12)10-11-3-6-13(7-4-11)16(17,18)19/h3-9H,10H2,1-2H3. The SMILES string of the molecule is COc1ccc(C(=O)N(C)Cc2ccc(C(F)(F)F)cc2)cn1. The van der Waals surface area contributed by atoms with Crippen LogP contribution in [-0.2, 0) is 12.7 Å². The Morgan fingerprint density at radius 1 is 1.17 bits per heavy atom. The van der Waals surface area contributed by atoms with E-state index in [-0.39, 0.29) is 12.5 Å². The maximum atomic E-state index is 12.5. The van der Waals surface area contributed by atoms with Gasteiger partial charge in [-0.15, -0.1) is 0 Å². The molecule has 23 heavy (non-hydrogen) atoms. The molecule has 1 heterocycles. The first-order chi connectivity index (χ1) is 10.8. The summed E-state index contributed by atoms with van der Waals surface area (Å²) in [5, 5.41) is 0. The molecule has 2 rings (SSSR count). The normalized spacial score (nSPS) is 11.2. The summed E-state index contributed by atoms with van der Waals surface area (Å²) in [4.78, 5) is 17.6. The molecule has 1 aromatic carbocycles. The lowest BCUT2D eigenvalue weighted by atomic mass is 10.1. The monoisotopic (exact) mass is 324 g/mol. The Labute approximate surface area is 131 Å². The van der Waals surface area contributed by atoms with E-state index in [9.17, 15) is 18.0 Å². The smallest absolute Gasteiger partial charge is 0.416 e. The second-order valence-corrected chi connectivity index (χ2v) is 4.95. The van der Waals surface area contributed by atoms with E-state index in [1.807, 2.05) is 0 Å². The lowest BCUT2D eigenvalue weighted by molar-refractivity contribution is -0.137. The van der Waals surface area contributed by atoms with Crippen LogP contribution in [0.25, 0.3) is 0 Å². The molecule has 122 valence electrons. The summed E-state index contributed by atoms with van der Waals surface area (Å²) in [6, 6.07) is 7.87.